The second-order valence-corrected chi connectivity index (χ2v) is 18.7. The molecule has 7 atom stereocenters. The molecule has 0 aliphatic heterocycles. The lowest BCUT2D eigenvalue weighted by Gasteiger charge is -2.30. The van der Waals surface area contributed by atoms with Crippen molar-refractivity contribution in [1.82, 2.24) is 36.9 Å². The number of para-hydroxylation sites is 1. The number of aromatic amines is 1. The van der Waals surface area contributed by atoms with E-state index in [1.807, 2.05) is 38.1 Å². The minimum atomic E-state index is -1.26. The molecule has 4 aromatic rings. The highest BCUT2D eigenvalue weighted by atomic mass is 16.4. The standard InChI is InChI=1S/C51H71N9O9/c1-29(2)24-42(51(68)69)58-46(63)39(18-12-13-23-52)55-49(66)43(30(3)4)60-50(67)44(31(5)6)59-48(65)40(26-32-14-8-7-9-15-32)57-47(64)41(27-34-28-54-38-17-11-10-16-36(34)38)56-45(62)37(53)25-33-19-21-35(61)22-20-33/h7-11,14-17,19-22,28-31,37,39-44,54,61H,12-13,18,23-27,52-53H2,1-6H3,(H,55,66)(H,56,62)(H,57,64)(H,58,63)(H,59,65)(H,60,67)(H,68,69)/t37-,39-,40-,41-,42-,43-,44-/m1/s1. The van der Waals surface area contributed by atoms with E-state index < -0.39 is 95.5 Å². The first-order valence-corrected chi connectivity index (χ1v) is 23.6. The van der Waals surface area contributed by atoms with Crippen molar-refractivity contribution in [2.45, 2.75) is 129 Å². The van der Waals surface area contributed by atoms with E-state index in [1.165, 1.54) is 12.1 Å². The number of rotatable bonds is 27. The highest BCUT2D eigenvalue weighted by Crippen LogP contribution is 2.20. The number of phenolic OH excluding ortho intramolecular Hbond substituents is 1. The Morgan fingerprint density at radius 1 is 0.565 bits per heavy atom. The third-order valence-corrected chi connectivity index (χ3v) is 11.8. The fourth-order valence-corrected chi connectivity index (χ4v) is 7.87. The number of hydrogen-bond donors (Lipinski definition) is 11. The minimum absolute atomic E-state index is 0.00348. The van der Waals surface area contributed by atoms with Crippen LogP contribution in [0.1, 0.15) is 83.9 Å². The Kier molecular flexibility index (Phi) is 21.2. The summed E-state index contributed by atoms with van der Waals surface area (Å²) in [4.78, 5) is 99.5. The third-order valence-electron chi connectivity index (χ3n) is 11.8. The number of H-pyrrole nitrogens is 1. The Labute approximate surface area is 403 Å². The van der Waals surface area contributed by atoms with Gasteiger partial charge >= 0.3 is 5.97 Å². The quantitative estimate of drug-likeness (QED) is 0.0387. The summed E-state index contributed by atoms with van der Waals surface area (Å²) in [6.07, 6.45) is 3.24. The number of carbonyl (C=O) groups excluding carboxylic acids is 6. The van der Waals surface area contributed by atoms with Crippen molar-refractivity contribution in [3.8, 4) is 5.75 Å². The SMILES string of the molecule is CC(C)C[C@@H](NC(=O)[C@@H](CCCCN)NC(=O)[C@H](NC(=O)[C@H](NC(=O)[C@@H](Cc1ccccc1)NC(=O)[C@@H](Cc1c[nH]c2ccccc12)NC(=O)[C@H](N)Cc1ccc(O)cc1)C(C)C)C(C)C)C(=O)O. The molecular weight excluding hydrogens is 883 g/mol. The van der Waals surface area contributed by atoms with Gasteiger partial charge in [-0.15, -0.1) is 0 Å². The summed E-state index contributed by atoms with van der Waals surface area (Å²) in [6.45, 7) is 10.8. The van der Waals surface area contributed by atoms with Crippen LogP contribution in [0.4, 0.5) is 0 Å². The summed E-state index contributed by atoms with van der Waals surface area (Å²) in [5.74, 6) is -6.28. The highest BCUT2D eigenvalue weighted by molar-refractivity contribution is 5.97. The van der Waals surface area contributed by atoms with Gasteiger partial charge in [0.05, 0.1) is 6.04 Å². The van der Waals surface area contributed by atoms with E-state index in [1.54, 1.807) is 76.4 Å². The van der Waals surface area contributed by atoms with Crippen LogP contribution in [0.25, 0.3) is 10.9 Å². The molecule has 18 nitrogen and oxygen atoms in total. The van der Waals surface area contributed by atoms with Gasteiger partial charge in [0.1, 0.15) is 42.0 Å². The summed E-state index contributed by atoms with van der Waals surface area (Å²) in [7, 11) is 0. The molecule has 0 spiro atoms. The summed E-state index contributed by atoms with van der Waals surface area (Å²) in [6, 6.07) is 14.4. The monoisotopic (exact) mass is 954 g/mol. The second kappa shape index (κ2) is 26.7. The molecule has 1 aromatic heterocycles. The normalized spacial score (nSPS) is 14.5. The van der Waals surface area contributed by atoms with Crippen molar-refractivity contribution >= 4 is 52.3 Å². The molecule has 0 bridgehead atoms. The second-order valence-electron chi connectivity index (χ2n) is 18.7. The number of aromatic hydroxyl groups is 1. The predicted molar refractivity (Wildman–Crippen MR) is 263 cm³/mol. The molecule has 6 amide bonds. The van der Waals surface area contributed by atoms with E-state index in [2.05, 4.69) is 36.9 Å². The molecule has 0 aliphatic rings. The van der Waals surface area contributed by atoms with Gasteiger partial charge in [-0.2, -0.15) is 0 Å². The first kappa shape index (κ1) is 54.8. The van der Waals surface area contributed by atoms with Gasteiger partial charge in [-0.05, 0) is 91.3 Å². The molecule has 3 aromatic carbocycles. The number of hydrogen-bond acceptors (Lipinski definition) is 10. The maximum atomic E-state index is 14.5. The van der Waals surface area contributed by atoms with Gasteiger partial charge in [-0.3, -0.25) is 28.8 Å². The maximum absolute atomic E-state index is 14.5. The zero-order valence-corrected chi connectivity index (χ0v) is 40.4. The average molecular weight is 954 g/mol. The van der Waals surface area contributed by atoms with Crippen LogP contribution in [0.15, 0.2) is 85.1 Å². The molecule has 13 N–H and O–H groups in total. The topological polar surface area (TPSA) is 300 Å². The fraction of sp³-hybridized carbons (Fsp3) is 0.471. The largest absolute Gasteiger partial charge is 0.508 e. The van der Waals surface area contributed by atoms with Crippen molar-refractivity contribution in [3.05, 3.63) is 102 Å². The van der Waals surface area contributed by atoms with Crippen molar-refractivity contribution in [2.24, 2.45) is 29.2 Å². The molecule has 0 aliphatic carbocycles. The van der Waals surface area contributed by atoms with Crippen LogP contribution in [0.5, 0.6) is 5.75 Å². The number of unbranched alkanes of at least 4 members (excludes halogenated alkanes) is 1. The number of amides is 6. The first-order chi connectivity index (χ1) is 32.8. The van der Waals surface area contributed by atoms with E-state index in [9.17, 15) is 43.8 Å². The van der Waals surface area contributed by atoms with Gasteiger partial charge in [0, 0.05) is 29.9 Å². The van der Waals surface area contributed by atoms with E-state index in [-0.39, 0.29) is 43.8 Å². The number of carboxylic acids is 1. The molecule has 0 unspecified atom stereocenters. The third kappa shape index (κ3) is 17.0. The molecule has 0 saturated carbocycles. The number of carboxylic acid groups (broad SMARTS) is 1. The Hall–Kier alpha value is -6.79. The van der Waals surface area contributed by atoms with Crippen LogP contribution in [0, 0.1) is 17.8 Å². The van der Waals surface area contributed by atoms with Crippen molar-refractivity contribution in [3.63, 3.8) is 0 Å². The van der Waals surface area contributed by atoms with Gasteiger partial charge in [-0.1, -0.05) is 102 Å². The van der Waals surface area contributed by atoms with Gasteiger partial charge < -0.3 is 58.6 Å². The van der Waals surface area contributed by atoms with Crippen molar-refractivity contribution in [2.75, 3.05) is 6.54 Å². The van der Waals surface area contributed by atoms with Gasteiger partial charge in [-0.25, -0.2) is 4.79 Å². The first-order valence-electron chi connectivity index (χ1n) is 23.6. The lowest BCUT2D eigenvalue weighted by molar-refractivity contribution is -0.143. The molecular formula is C51H71N9O9. The lowest BCUT2D eigenvalue weighted by Crippen LogP contribution is -2.61. The number of nitrogens with two attached hydrogens (primary N) is 2. The van der Waals surface area contributed by atoms with Crippen LogP contribution in [0.3, 0.4) is 0 Å². The zero-order valence-electron chi connectivity index (χ0n) is 40.4. The Morgan fingerprint density at radius 2 is 1.07 bits per heavy atom. The van der Waals surface area contributed by atoms with E-state index in [4.69, 9.17) is 11.5 Å². The van der Waals surface area contributed by atoms with E-state index >= 15 is 0 Å². The fourth-order valence-electron chi connectivity index (χ4n) is 7.87. The van der Waals surface area contributed by atoms with Crippen molar-refractivity contribution < 1.29 is 43.8 Å². The number of carbonyl (C=O) groups is 7. The van der Waals surface area contributed by atoms with Crippen LogP contribution < -0.4 is 43.4 Å². The number of aromatic nitrogens is 1. The molecule has 374 valence electrons. The smallest absolute Gasteiger partial charge is 0.326 e. The number of benzene rings is 3. The van der Waals surface area contributed by atoms with E-state index in [0.717, 1.165) is 16.5 Å². The van der Waals surface area contributed by atoms with Gasteiger partial charge in [0.15, 0.2) is 0 Å². The molecule has 0 radical (unpaired) electrons. The number of nitrogens with one attached hydrogen (secondary N) is 7. The number of fused-ring (bicyclic) bond motifs is 1. The van der Waals surface area contributed by atoms with Crippen LogP contribution in [0.2, 0.25) is 0 Å². The molecule has 0 saturated heterocycles. The summed E-state index contributed by atoms with van der Waals surface area (Å²) in [5.41, 5.74) is 15.0. The Morgan fingerprint density at radius 3 is 1.68 bits per heavy atom. The maximum Gasteiger partial charge on any atom is 0.326 e. The van der Waals surface area contributed by atoms with Crippen LogP contribution in [-0.2, 0) is 52.8 Å². The molecule has 1 heterocycles. The highest BCUT2D eigenvalue weighted by Gasteiger charge is 2.36. The molecule has 18 heteroatoms. The van der Waals surface area contributed by atoms with Crippen LogP contribution in [-0.4, -0.2) is 105 Å². The zero-order chi connectivity index (χ0) is 50.8. The van der Waals surface area contributed by atoms with Gasteiger partial charge in [0.2, 0.25) is 35.4 Å². The van der Waals surface area contributed by atoms with E-state index in [0.29, 0.717) is 30.5 Å². The number of aliphatic carboxylic acids is 1. The summed E-state index contributed by atoms with van der Waals surface area (Å²) < 4.78 is 0. The Balaban J connectivity index is 1.57. The summed E-state index contributed by atoms with van der Waals surface area (Å²) in [5, 5.41) is 36.8. The lowest BCUT2D eigenvalue weighted by atomic mass is 9.97. The molecule has 0 fully saturated rings. The van der Waals surface area contributed by atoms with Gasteiger partial charge in [0.25, 0.3) is 0 Å². The summed E-state index contributed by atoms with van der Waals surface area (Å²) >= 11 is 0. The number of phenols is 1. The van der Waals surface area contributed by atoms with Crippen LogP contribution >= 0.6 is 0 Å². The average Bonchev–Trinajstić information content (AvgIpc) is 3.71. The van der Waals surface area contributed by atoms with Crippen molar-refractivity contribution in [1.29, 1.82) is 0 Å². The molecule has 69 heavy (non-hydrogen) atoms. The minimum Gasteiger partial charge on any atom is -0.508 e. The molecule has 4 rings (SSSR count). The predicted octanol–water partition coefficient (Wildman–Crippen LogP) is 2.71. The Bertz CT molecular complexity index is 2340.